The molecule has 0 saturated carbocycles. The molecule has 0 aliphatic heterocycles. The van der Waals surface area contributed by atoms with E-state index >= 15 is 0 Å². The molecule has 2 N–H and O–H groups in total. The maximum Gasteiger partial charge on any atom is 0.268 e. The maximum absolute atomic E-state index is 12.9. The van der Waals surface area contributed by atoms with Gasteiger partial charge in [-0.05, 0) is 53.3 Å². The lowest BCUT2D eigenvalue weighted by molar-refractivity contribution is 0.447. The van der Waals surface area contributed by atoms with Gasteiger partial charge in [-0.2, -0.15) is 4.98 Å². The molecule has 0 atom stereocenters. The normalized spacial score (nSPS) is 10.5. The molecule has 88 valence electrons. The molecule has 6 heteroatoms. The number of rotatable bonds is 1. The topological polar surface area (TPSA) is 66.0 Å². The maximum atomic E-state index is 12.9. The van der Waals surface area contributed by atoms with Crippen molar-refractivity contribution in [2.24, 2.45) is 0 Å². The summed E-state index contributed by atoms with van der Waals surface area (Å²) in [6, 6.07) is 4.12. The number of aryl methyl sites for hydroxylation is 1. The van der Waals surface area contributed by atoms with Gasteiger partial charge in [0.15, 0.2) is 0 Å². The van der Waals surface area contributed by atoms with Crippen LogP contribution in [0.1, 0.15) is 5.56 Å². The molecule has 0 aliphatic rings. The molecule has 17 heavy (non-hydrogen) atoms. The van der Waals surface area contributed by atoms with E-state index in [0.717, 1.165) is 0 Å². The molecular weight excluding hydrogens is 338 g/mol. The Labute approximate surface area is 110 Å². The summed E-state index contributed by atoms with van der Waals surface area (Å²) in [7, 11) is 0. The molecule has 2 rings (SSSR count). The third-order valence-electron chi connectivity index (χ3n) is 2.29. The minimum absolute atomic E-state index is 0.131. The smallest absolute Gasteiger partial charge is 0.268 e. The van der Waals surface area contributed by atoms with Gasteiger partial charge < -0.3 is 10.1 Å². The second kappa shape index (κ2) is 4.44. The number of halogens is 2. The van der Waals surface area contributed by atoms with Crippen LogP contribution in [0.5, 0.6) is 5.88 Å². The second-order valence-electron chi connectivity index (χ2n) is 3.51. The van der Waals surface area contributed by atoms with Gasteiger partial charge in [-0.15, -0.1) is 0 Å². The highest BCUT2D eigenvalue weighted by atomic mass is 127. The Hall–Kier alpha value is -1.44. The number of benzene rings is 1. The van der Waals surface area contributed by atoms with Crippen molar-refractivity contribution in [3.63, 3.8) is 0 Å². The van der Waals surface area contributed by atoms with Gasteiger partial charge >= 0.3 is 0 Å². The van der Waals surface area contributed by atoms with Gasteiger partial charge in [-0.25, -0.2) is 4.39 Å². The Morgan fingerprint density at radius 3 is 2.76 bits per heavy atom. The van der Waals surface area contributed by atoms with E-state index in [-0.39, 0.29) is 21.1 Å². The summed E-state index contributed by atoms with van der Waals surface area (Å²) >= 11 is 1.70. The number of aromatic hydroxyl groups is 1. The summed E-state index contributed by atoms with van der Waals surface area (Å²) in [6.07, 6.45) is 0. The number of nitrogens with zero attached hydrogens (tertiary/aromatic N) is 1. The van der Waals surface area contributed by atoms with Crippen LogP contribution in [0.4, 0.5) is 4.39 Å². The number of hydrogen-bond donors (Lipinski definition) is 2. The number of hydrogen-bond acceptors (Lipinski definition) is 3. The fraction of sp³-hybridized carbons (Fsp3) is 0.0909. The first-order valence-electron chi connectivity index (χ1n) is 4.74. The Morgan fingerprint density at radius 1 is 1.47 bits per heavy atom. The molecule has 2 aromatic rings. The van der Waals surface area contributed by atoms with Crippen LogP contribution < -0.4 is 5.56 Å². The van der Waals surface area contributed by atoms with E-state index in [1.807, 2.05) is 0 Å². The highest BCUT2D eigenvalue weighted by molar-refractivity contribution is 14.1. The van der Waals surface area contributed by atoms with Gasteiger partial charge in [0.05, 0.1) is 0 Å². The van der Waals surface area contributed by atoms with Crippen molar-refractivity contribution in [1.82, 2.24) is 9.97 Å². The van der Waals surface area contributed by atoms with Crippen LogP contribution in [0.3, 0.4) is 0 Å². The number of aromatic nitrogens is 2. The zero-order valence-electron chi connectivity index (χ0n) is 8.79. The SMILES string of the molecule is Cc1cc(F)ccc1-c1nc(O)c(I)c(=O)[nH]1. The fourth-order valence-corrected chi connectivity index (χ4v) is 1.72. The molecule has 0 radical (unpaired) electrons. The zero-order valence-corrected chi connectivity index (χ0v) is 10.9. The van der Waals surface area contributed by atoms with Crippen molar-refractivity contribution in [3.8, 4) is 17.3 Å². The first-order chi connectivity index (χ1) is 7.99. The van der Waals surface area contributed by atoms with Crippen LogP contribution in [0.2, 0.25) is 0 Å². The van der Waals surface area contributed by atoms with Crippen molar-refractivity contribution >= 4 is 22.6 Å². The molecule has 4 nitrogen and oxygen atoms in total. The monoisotopic (exact) mass is 346 g/mol. The van der Waals surface area contributed by atoms with E-state index in [1.54, 1.807) is 29.5 Å². The molecule has 0 fully saturated rings. The number of nitrogens with one attached hydrogen (secondary N) is 1. The molecule has 1 heterocycles. The lowest BCUT2D eigenvalue weighted by Crippen LogP contribution is -2.12. The minimum atomic E-state index is -0.420. The summed E-state index contributed by atoms with van der Waals surface area (Å²) in [4.78, 5) is 17.9. The lowest BCUT2D eigenvalue weighted by Gasteiger charge is -2.05. The van der Waals surface area contributed by atoms with E-state index < -0.39 is 5.56 Å². The number of H-pyrrole nitrogens is 1. The average Bonchev–Trinajstić information content (AvgIpc) is 2.25. The Bertz CT molecular complexity index is 640. The van der Waals surface area contributed by atoms with Crippen molar-refractivity contribution < 1.29 is 9.50 Å². The Balaban J connectivity index is 2.65. The van der Waals surface area contributed by atoms with E-state index in [4.69, 9.17) is 0 Å². The van der Waals surface area contributed by atoms with Gasteiger partial charge in [0.25, 0.3) is 5.56 Å². The van der Waals surface area contributed by atoms with Gasteiger partial charge in [0.1, 0.15) is 15.2 Å². The standard InChI is InChI=1S/C11H8FIN2O2/c1-5-4-6(12)2-3-7(5)9-14-10(16)8(13)11(17)15-9/h2-4H,1H3,(H2,14,15,16,17). The van der Waals surface area contributed by atoms with Crippen LogP contribution in [-0.4, -0.2) is 15.1 Å². The number of aromatic amines is 1. The van der Waals surface area contributed by atoms with Gasteiger partial charge in [-0.1, -0.05) is 0 Å². The first kappa shape index (κ1) is 12.0. The Kier molecular flexibility index (Phi) is 3.14. The second-order valence-corrected chi connectivity index (χ2v) is 4.59. The molecule has 1 aromatic heterocycles. The molecule has 0 amide bonds. The molecule has 1 aromatic carbocycles. The molecule has 0 unspecified atom stereocenters. The average molecular weight is 346 g/mol. The van der Waals surface area contributed by atoms with E-state index in [0.29, 0.717) is 11.1 Å². The fourth-order valence-electron chi connectivity index (χ4n) is 1.47. The molecule has 0 spiro atoms. The Morgan fingerprint density at radius 2 is 2.18 bits per heavy atom. The van der Waals surface area contributed by atoms with Gasteiger partial charge in [-0.3, -0.25) is 4.79 Å². The molecular formula is C11H8FIN2O2. The van der Waals surface area contributed by atoms with Crippen LogP contribution in [-0.2, 0) is 0 Å². The highest BCUT2D eigenvalue weighted by Gasteiger charge is 2.11. The van der Waals surface area contributed by atoms with Crippen molar-refractivity contribution in [3.05, 3.63) is 43.5 Å². The highest BCUT2D eigenvalue weighted by Crippen LogP contribution is 2.22. The predicted molar refractivity (Wildman–Crippen MR) is 69.4 cm³/mol. The van der Waals surface area contributed by atoms with E-state index in [9.17, 15) is 14.3 Å². The molecule has 0 aliphatic carbocycles. The lowest BCUT2D eigenvalue weighted by atomic mass is 10.1. The largest absolute Gasteiger partial charge is 0.492 e. The first-order valence-corrected chi connectivity index (χ1v) is 5.82. The third kappa shape index (κ3) is 2.31. The van der Waals surface area contributed by atoms with Crippen molar-refractivity contribution in [2.45, 2.75) is 6.92 Å². The summed E-state index contributed by atoms with van der Waals surface area (Å²) in [5.41, 5.74) is 0.792. The van der Waals surface area contributed by atoms with Crippen molar-refractivity contribution in [1.29, 1.82) is 0 Å². The molecule has 0 bridgehead atoms. The van der Waals surface area contributed by atoms with Crippen LogP contribution in [0.25, 0.3) is 11.4 Å². The molecule has 0 saturated heterocycles. The van der Waals surface area contributed by atoms with Crippen LogP contribution in [0.15, 0.2) is 23.0 Å². The van der Waals surface area contributed by atoms with Gasteiger partial charge in [0.2, 0.25) is 5.88 Å². The summed E-state index contributed by atoms with van der Waals surface area (Å²) in [5, 5.41) is 9.48. The summed E-state index contributed by atoms with van der Waals surface area (Å²) < 4.78 is 13.1. The van der Waals surface area contributed by atoms with Crippen LogP contribution >= 0.6 is 22.6 Å². The summed E-state index contributed by atoms with van der Waals surface area (Å²) in [5.74, 6) is -0.457. The minimum Gasteiger partial charge on any atom is -0.492 e. The van der Waals surface area contributed by atoms with Crippen LogP contribution in [0, 0.1) is 16.3 Å². The van der Waals surface area contributed by atoms with Crippen molar-refractivity contribution in [2.75, 3.05) is 0 Å². The third-order valence-corrected chi connectivity index (χ3v) is 3.26. The van der Waals surface area contributed by atoms with Gasteiger partial charge in [0, 0.05) is 5.56 Å². The zero-order chi connectivity index (χ0) is 12.6. The van der Waals surface area contributed by atoms with E-state index in [2.05, 4.69) is 9.97 Å². The summed E-state index contributed by atoms with van der Waals surface area (Å²) in [6.45, 7) is 1.70. The predicted octanol–water partition coefficient (Wildman–Crippen LogP) is 2.19. The quantitative estimate of drug-likeness (QED) is 0.778. The van der Waals surface area contributed by atoms with E-state index in [1.165, 1.54) is 18.2 Å².